The summed E-state index contributed by atoms with van der Waals surface area (Å²) in [6.07, 6.45) is -2.29. The van der Waals surface area contributed by atoms with E-state index >= 15 is 0 Å². The number of halogens is 3. The van der Waals surface area contributed by atoms with E-state index in [1.54, 1.807) is 24.3 Å². The van der Waals surface area contributed by atoms with Crippen LogP contribution in [0, 0.1) is 6.92 Å². The van der Waals surface area contributed by atoms with Crippen molar-refractivity contribution in [2.24, 2.45) is 0 Å². The highest BCUT2D eigenvalue weighted by atomic mass is 32.2. The van der Waals surface area contributed by atoms with Crippen LogP contribution in [-0.4, -0.2) is 113 Å². The highest BCUT2D eigenvalue weighted by molar-refractivity contribution is 7.98. The maximum absolute atomic E-state index is 14.4. The zero-order chi connectivity index (χ0) is 40.8. The largest absolute Gasteiger partial charge is 0.534 e. The Morgan fingerprint density at radius 2 is 1.51 bits per heavy atom. The number of nitrogens with zero attached hydrogens (tertiary/aromatic N) is 3. The van der Waals surface area contributed by atoms with Crippen LogP contribution in [0.1, 0.15) is 47.8 Å². The first-order valence-corrected chi connectivity index (χ1v) is 22.9. The number of methoxy groups -OCH3 is 1. The maximum atomic E-state index is 14.4. The molecule has 0 bridgehead atoms. The van der Waals surface area contributed by atoms with Gasteiger partial charge in [-0.2, -0.15) is 13.2 Å². The summed E-state index contributed by atoms with van der Waals surface area (Å²) < 4.78 is 60.7. The Balaban J connectivity index is 1.32. The van der Waals surface area contributed by atoms with Crippen LogP contribution in [-0.2, 0) is 22.1 Å². The van der Waals surface area contributed by atoms with Crippen LogP contribution in [0.15, 0.2) is 102 Å². The number of aryl methyl sites for hydroxylation is 1. The minimum absolute atomic E-state index is 0.0337. The van der Waals surface area contributed by atoms with Crippen LogP contribution in [0.5, 0.6) is 5.75 Å². The first-order chi connectivity index (χ1) is 27.2. The summed E-state index contributed by atoms with van der Waals surface area (Å²) in [4.78, 5) is 21.3. The van der Waals surface area contributed by atoms with Crippen molar-refractivity contribution in [3.05, 3.63) is 119 Å². The van der Waals surface area contributed by atoms with Gasteiger partial charge >= 0.3 is 14.5 Å². The number of piperazine rings is 1. The van der Waals surface area contributed by atoms with Crippen LogP contribution in [0.25, 0.3) is 0 Å². The lowest BCUT2D eigenvalue weighted by atomic mass is 9.99. The summed E-state index contributed by atoms with van der Waals surface area (Å²) in [5, 5.41) is 2.11. The smallest absolute Gasteiger partial charge is 0.416 e. The van der Waals surface area contributed by atoms with Crippen LogP contribution in [0.2, 0.25) is 5.04 Å². The van der Waals surface area contributed by atoms with Crippen molar-refractivity contribution < 1.29 is 31.9 Å². The fourth-order valence-electron chi connectivity index (χ4n) is 8.26. The van der Waals surface area contributed by atoms with Gasteiger partial charge in [0.15, 0.2) is 0 Å². The Bertz CT molecular complexity index is 1900. The maximum Gasteiger partial charge on any atom is 0.416 e. The second kappa shape index (κ2) is 18.5. The van der Waals surface area contributed by atoms with Crippen LogP contribution < -0.4 is 14.8 Å². The number of benzene rings is 4. The normalized spacial score (nSPS) is 18.8. The van der Waals surface area contributed by atoms with Crippen LogP contribution in [0.4, 0.5) is 13.2 Å². The minimum Gasteiger partial charge on any atom is -0.534 e. The predicted octanol–water partition coefficient (Wildman–Crippen LogP) is 7.39. The van der Waals surface area contributed by atoms with E-state index < -0.39 is 20.1 Å². The molecule has 0 aliphatic carbocycles. The lowest BCUT2D eigenvalue weighted by Crippen LogP contribution is -2.68. The SMILES string of the molecule is COCC1CN(CCN2CCN(C(=O)c3cc(SC)cc(C(F)(F)F)c3)C(Cc3ccc(C)c(O[Si](c4ccccc4)(c4ccccc4)C(C)(C)C)c3)C2)CCO1. The van der Waals surface area contributed by atoms with Crippen molar-refractivity contribution in [3.8, 4) is 5.75 Å². The van der Waals surface area contributed by atoms with Crippen molar-refractivity contribution in [3.63, 3.8) is 0 Å². The fourth-order valence-corrected chi connectivity index (χ4v) is 13.2. The molecule has 0 N–H and O–H groups in total. The van der Waals surface area contributed by atoms with Crippen molar-refractivity contribution in [1.82, 2.24) is 14.7 Å². The van der Waals surface area contributed by atoms with Crippen molar-refractivity contribution in [2.75, 3.05) is 72.4 Å². The van der Waals surface area contributed by atoms with Gasteiger partial charge in [-0.15, -0.1) is 11.8 Å². The zero-order valence-corrected chi connectivity index (χ0v) is 35.8. The lowest BCUT2D eigenvalue weighted by Gasteiger charge is -2.44. The average molecular weight is 820 g/mol. The number of carbonyl (C=O) groups excluding carboxylic acids is 1. The van der Waals surface area contributed by atoms with E-state index in [0.29, 0.717) is 44.2 Å². The van der Waals surface area contributed by atoms with Gasteiger partial charge < -0.3 is 18.8 Å². The number of hydrogen-bond donors (Lipinski definition) is 0. The summed E-state index contributed by atoms with van der Waals surface area (Å²) in [7, 11) is -1.26. The minimum atomic E-state index is -4.57. The fraction of sp³-hybridized carbons (Fsp3) is 0.444. The highest BCUT2D eigenvalue weighted by Gasteiger charge is 2.52. The lowest BCUT2D eigenvalue weighted by molar-refractivity contribution is -0.137. The molecule has 2 atom stereocenters. The second-order valence-electron chi connectivity index (χ2n) is 16.2. The first-order valence-electron chi connectivity index (χ1n) is 19.7. The third kappa shape index (κ3) is 10.1. The van der Waals surface area contributed by atoms with E-state index in [1.165, 1.54) is 22.1 Å². The average Bonchev–Trinajstić information content (AvgIpc) is 3.20. The van der Waals surface area contributed by atoms with Crippen molar-refractivity contribution in [1.29, 1.82) is 0 Å². The first kappa shape index (κ1) is 42.9. The standard InChI is InChI=1S/C45H56F3N3O4SSi/c1-33-17-18-34(26-42(33)55-57(44(2,3)4,40-13-9-7-10-14-40)41-15-11-8-12-16-41)25-37-30-49(19-20-50-23-24-54-38(31-50)32-53-5)21-22-51(37)43(52)35-27-36(45(46,47)48)29-39(28-35)56-6/h7-18,26-29,37-38H,19-25,30-32H2,1-6H3. The molecule has 2 aliphatic heterocycles. The molecule has 4 aromatic rings. The van der Waals surface area contributed by atoms with Gasteiger partial charge in [0.25, 0.3) is 5.91 Å². The van der Waals surface area contributed by atoms with E-state index in [1.807, 2.05) is 12.1 Å². The van der Waals surface area contributed by atoms with E-state index in [9.17, 15) is 18.0 Å². The molecule has 4 aromatic carbocycles. The molecule has 2 fully saturated rings. The summed E-state index contributed by atoms with van der Waals surface area (Å²) in [6, 6.07) is 30.8. The molecule has 2 aliphatic rings. The third-order valence-electron chi connectivity index (χ3n) is 11.3. The number of thioether (sulfide) groups is 1. The third-order valence-corrected chi connectivity index (χ3v) is 16.9. The van der Waals surface area contributed by atoms with Crippen molar-refractivity contribution in [2.45, 2.75) is 62.4 Å². The van der Waals surface area contributed by atoms with Gasteiger partial charge in [0, 0.05) is 69.4 Å². The highest BCUT2D eigenvalue weighted by Crippen LogP contribution is 2.39. The molecule has 0 radical (unpaired) electrons. The number of rotatable bonds is 13. The molecule has 2 heterocycles. The number of ether oxygens (including phenoxy) is 2. The zero-order valence-electron chi connectivity index (χ0n) is 34.0. The van der Waals surface area contributed by atoms with Crippen molar-refractivity contribution >= 4 is 36.4 Å². The number of amides is 1. The van der Waals surface area contributed by atoms with Gasteiger partial charge in [0.2, 0.25) is 0 Å². The molecule has 6 rings (SSSR count). The van der Waals surface area contributed by atoms with E-state index in [0.717, 1.165) is 55.2 Å². The molecular weight excluding hydrogens is 764 g/mol. The predicted molar refractivity (Wildman–Crippen MR) is 226 cm³/mol. The molecule has 57 heavy (non-hydrogen) atoms. The van der Waals surface area contributed by atoms with Crippen LogP contribution >= 0.6 is 11.8 Å². The monoisotopic (exact) mass is 819 g/mol. The van der Waals surface area contributed by atoms with Gasteiger partial charge in [0.1, 0.15) is 5.75 Å². The molecular formula is C45H56F3N3O4SSi. The number of hydrogen-bond acceptors (Lipinski definition) is 7. The summed E-state index contributed by atoms with van der Waals surface area (Å²) in [5.41, 5.74) is 1.26. The van der Waals surface area contributed by atoms with Gasteiger partial charge in [-0.25, -0.2) is 0 Å². The Morgan fingerprint density at radius 3 is 2.11 bits per heavy atom. The van der Waals surface area contributed by atoms with Crippen LogP contribution in [0.3, 0.4) is 0 Å². The molecule has 2 unspecified atom stereocenters. The summed E-state index contributed by atoms with van der Waals surface area (Å²) in [5.74, 6) is 0.417. The van der Waals surface area contributed by atoms with Gasteiger partial charge in [-0.05, 0) is 70.4 Å². The Kier molecular flexibility index (Phi) is 13.9. The number of carbonyl (C=O) groups is 1. The molecule has 2 saturated heterocycles. The molecule has 0 saturated carbocycles. The Morgan fingerprint density at radius 1 is 0.860 bits per heavy atom. The van der Waals surface area contributed by atoms with Gasteiger partial charge in [-0.1, -0.05) is 93.6 Å². The molecule has 306 valence electrons. The summed E-state index contributed by atoms with van der Waals surface area (Å²) >= 11 is 1.20. The molecule has 1 amide bonds. The second-order valence-corrected chi connectivity index (χ2v) is 21.3. The molecule has 0 spiro atoms. The Labute approximate surface area is 341 Å². The Hall–Kier alpha value is -3.65. The molecule has 7 nitrogen and oxygen atoms in total. The number of alkyl halides is 3. The number of morpholine rings is 1. The quantitative estimate of drug-likeness (QED) is 0.103. The van der Waals surface area contributed by atoms with E-state index in [4.69, 9.17) is 13.9 Å². The molecule has 0 aromatic heterocycles. The summed E-state index contributed by atoms with van der Waals surface area (Å²) in [6.45, 7) is 14.9. The van der Waals surface area contributed by atoms with E-state index in [2.05, 4.69) is 104 Å². The van der Waals surface area contributed by atoms with E-state index in [-0.39, 0.29) is 28.7 Å². The topological polar surface area (TPSA) is 54.5 Å². The molecule has 12 heteroatoms. The van der Waals surface area contributed by atoms with Gasteiger partial charge in [-0.3, -0.25) is 14.6 Å². The van der Waals surface area contributed by atoms with Gasteiger partial charge in [0.05, 0.1) is 24.9 Å².